The van der Waals surface area contributed by atoms with E-state index in [4.69, 9.17) is 4.74 Å². The summed E-state index contributed by atoms with van der Waals surface area (Å²) in [4.78, 5) is 55.1. The minimum Gasteiger partial charge on any atom is -0.468 e. The Hall–Kier alpha value is -3.49. The first-order valence-electron chi connectivity index (χ1n) is 9.83. The predicted octanol–water partition coefficient (Wildman–Crippen LogP) is 1.38. The molecule has 0 spiro atoms. The Labute approximate surface area is 180 Å². The van der Waals surface area contributed by atoms with Gasteiger partial charge in [0.2, 0.25) is 11.8 Å². The van der Waals surface area contributed by atoms with Gasteiger partial charge in [0.25, 0.3) is 5.56 Å². The molecule has 0 radical (unpaired) electrons. The second-order valence-electron chi connectivity index (χ2n) is 8.14. The zero-order chi connectivity index (χ0) is 23.1. The van der Waals surface area contributed by atoms with Crippen LogP contribution in [0.5, 0.6) is 0 Å². The van der Waals surface area contributed by atoms with Gasteiger partial charge in [0.05, 0.1) is 24.6 Å². The number of benzene rings is 1. The van der Waals surface area contributed by atoms with Crippen LogP contribution in [-0.2, 0) is 38.0 Å². The lowest BCUT2D eigenvalue weighted by atomic mass is 9.86. The second-order valence-corrected chi connectivity index (χ2v) is 8.14. The monoisotopic (exact) mass is 426 g/mol. The maximum absolute atomic E-state index is 12.8. The molecule has 2 aromatic rings. The van der Waals surface area contributed by atoms with Gasteiger partial charge >= 0.3 is 5.97 Å². The van der Waals surface area contributed by atoms with Crippen LogP contribution in [0.3, 0.4) is 0 Å². The van der Waals surface area contributed by atoms with Crippen molar-refractivity contribution >= 4 is 29.2 Å². The molecule has 0 atom stereocenters. The molecule has 9 nitrogen and oxygen atoms in total. The number of esters is 1. The van der Waals surface area contributed by atoms with E-state index >= 15 is 0 Å². The Morgan fingerprint density at radius 1 is 1.19 bits per heavy atom. The number of hydrogen-bond acceptors (Lipinski definition) is 6. The van der Waals surface area contributed by atoms with E-state index in [1.807, 2.05) is 0 Å². The molecule has 1 N–H and O–H groups in total. The lowest BCUT2D eigenvalue weighted by Gasteiger charge is -2.19. The van der Waals surface area contributed by atoms with Crippen LogP contribution in [0.15, 0.2) is 23.0 Å². The minimum atomic E-state index is -0.856. The van der Waals surface area contributed by atoms with Crippen LogP contribution in [0.2, 0.25) is 0 Å². The molecule has 0 unspecified atom stereocenters. The second kappa shape index (κ2) is 7.98. The number of methoxy groups -OCH3 is 1. The molecule has 3 rings (SSSR count). The number of aromatic nitrogens is 2. The van der Waals surface area contributed by atoms with E-state index in [0.29, 0.717) is 34.0 Å². The number of ether oxygens (including phenoxy) is 1. The summed E-state index contributed by atoms with van der Waals surface area (Å²) in [6.45, 7) is 6.73. The van der Waals surface area contributed by atoms with Gasteiger partial charge in [0.15, 0.2) is 0 Å². The standard InChI is InChI=1S/C22H26N4O5/c1-12-16(23-13(2)25(5)20(12)29)10-18(27)24-14-7-8-17-15(9-14)22(3,4)21(30)26(17)11-19(28)31-6/h7-9H,10-11H2,1-6H3,(H,24,27). The third kappa shape index (κ3) is 3.95. The van der Waals surface area contributed by atoms with Crippen LogP contribution in [0.1, 0.15) is 36.5 Å². The number of fused-ring (bicyclic) bond motifs is 1. The average Bonchev–Trinajstić information content (AvgIpc) is 2.90. The van der Waals surface area contributed by atoms with E-state index < -0.39 is 11.4 Å². The smallest absolute Gasteiger partial charge is 0.325 e. The topological polar surface area (TPSA) is 111 Å². The highest BCUT2D eigenvalue weighted by Gasteiger charge is 2.44. The van der Waals surface area contributed by atoms with Crippen molar-refractivity contribution in [2.24, 2.45) is 7.05 Å². The van der Waals surface area contributed by atoms with Crippen molar-refractivity contribution in [3.8, 4) is 0 Å². The van der Waals surface area contributed by atoms with Crippen molar-refractivity contribution in [2.75, 3.05) is 23.9 Å². The van der Waals surface area contributed by atoms with Gasteiger partial charge in [0.1, 0.15) is 12.4 Å². The fraction of sp³-hybridized carbons (Fsp3) is 0.409. The molecule has 1 aromatic carbocycles. The average molecular weight is 426 g/mol. The molecule has 0 saturated heterocycles. The lowest BCUT2D eigenvalue weighted by Crippen LogP contribution is -2.39. The first-order chi connectivity index (χ1) is 14.5. The van der Waals surface area contributed by atoms with Crippen molar-refractivity contribution in [3.05, 3.63) is 51.2 Å². The summed E-state index contributed by atoms with van der Waals surface area (Å²) >= 11 is 0. The zero-order valence-electron chi connectivity index (χ0n) is 18.5. The number of aryl methyl sites for hydroxylation is 1. The summed E-state index contributed by atoms with van der Waals surface area (Å²) in [5, 5.41) is 2.81. The van der Waals surface area contributed by atoms with Crippen molar-refractivity contribution < 1.29 is 19.1 Å². The molecule has 1 aromatic heterocycles. The predicted molar refractivity (Wildman–Crippen MR) is 115 cm³/mol. The van der Waals surface area contributed by atoms with Crippen LogP contribution in [0.4, 0.5) is 11.4 Å². The molecule has 2 heterocycles. The molecule has 31 heavy (non-hydrogen) atoms. The SMILES string of the molecule is COC(=O)CN1C(=O)C(C)(C)c2cc(NC(=O)Cc3nc(C)n(C)c(=O)c3C)ccc21. The van der Waals surface area contributed by atoms with Crippen molar-refractivity contribution in [2.45, 2.75) is 39.5 Å². The molecule has 2 amide bonds. The number of rotatable bonds is 5. The highest BCUT2D eigenvalue weighted by molar-refractivity contribution is 6.10. The van der Waals surface area contributed by atoms with Gasteiger partial charge in [0, 0.05) is 24.0 Å². The number of carbonyl (C=O) groups excluding carboxylic acids is 3. The molecule has 9 heteroatoms. The Balaban J connectivity index is 1.84. The molecule has 0 bridgehead atoms. The van der Waals surface area contributed by atoms with Crippen LogP contribution in [-0.4, -0.2) is 41.0 Å². The molecule has 0 aliphatic carbocycles. The van der Waals surface area contributed by atoms with Gasteiger partial charge in [-0.2, -0.15) is 0 Å². The Morgan fingerprint density at radius 3 is 2.52 bits per heavy atom. The molecule has 1 aliphatic rings. The van der Waals surface area contributed by atoms with E-state index in [2.05, 4.69) is 10.3 Å². The summed E-state index contributed by atoms with van der Waals surface area (Å²) in [5.41, 5.74) is 1.66. The van der Waals surface area contributed by atoms with Gasteiger partial charge in [-0.05, 0) is 51.5 Å². The summed E-state index contributed by atoms with van der Waals surface area (Å²) < 4.78 is 6.13. The molecule has 1 aliphatic heterocycles. The molecule has 0 fully saturated rings. The van der Waals surface area contributed by atoms with E-state index in [0.717, 1.165) is 0 Å². The number of hydrogen-bond donors (Lipinski definition) is 1. The number of amides is 2. The Bertz CT molecular complexity index is 1150. The first kappa shape index (κ1) is 22.2. The number of carbonyl (C=O) groups is 3. The lowest BCUT2D eigenvalue weighted by molar-refractivity contribution is -0.140. The van der Waals surface area contributed by atoms with Gasteiger partial charge in [-0.15, -0.1) is 0 Å². The first-order valence-corrected chi connectivity index (χ1v) is 9.83. The molecular formula is C22H26N4O5. The summed E-state index contributed by atoms with van der Waals surface area (Å²) in [5.74, 6) is -0.521. The fourth-order valence-electron chi connectivity index (χ4n) is 3.67. The maximum Gasteiger partial charge on any atom is 0.325 e. The highest BCUT2D eigenvalue weighted by Crippen LogP contribution is 2.42. The van der Waals surface area contributed by atoms with Gasteiger partial charge in [-0.25, -0.2) is 4.98 Å². The third-order valence-electron chi connectivity index (χ3n) is 5.71. The van der Waals surface area contributed by atoms with Gasteiger partial charge < -0.3 is 15.0 Å². The number of anilines is 2. The number of nitrogens with zero attached hydrogens (tertiary/aromatic N) is 3. The fourth-order valence-corrected chi connectivity index (χ4v) is 3.67. The van der Waals surface area contributed by atoms with Crippen LogP contribution >= 0.6 is 0 Å². The van der Waals surface area contributed by atoms with Crippen LogP contribution < -0.4 is 15.8 Å². The van der Waals surface area contributed by atoms with Crippen LogP contribution in [0.25, 0.3) is 0 Å². The summed E-state index contributed by atoms with van der Waals surface area (Å²) in [7, 11) is 2.91. The molecular weight excluding hydrogens is 400 g/mol. The Kier molecular flexibility index (Phi) is 5.71. The van der Waals surface area contributed by atoms with E-state index in [-0.39, 0.29) is 30.3 Å². The van der Waals surface area contributed by atoms with E-state index in [1.54, 1.807) is 52.9 Å². The van der Waals surface area contributed by atoms with E-state index in [9.17, 15) is 19.2 Å². The Morgan fingerprint density at radius 2 is 1.87 bits per heavy atom. The zero-order valence-corrected chi connectivity index (χ0v) is 18.5. The number of nitrogens with one attached hydrogen (secondary N) is 1. The van der Waals surface area contributed by atoms with Crippen LogP contribution in [0, 0.1) is 13.8 Å². The summed E-state index contributed by atoms with van der Waals surface area (Å²) in [6, 6.07) is 5.11. The third-order valence-corrected chi connectivity index (χ3v) is 5.71. The largest absolute Gasteiger partial charge is 0.468 e. The molecule has 0 saturated carbocycles. The van der Waals surface area contributed by atoms with Gasteiger partial charge in [-0.1, -0.05) is 0 Å². The molecule has 164 valence electrons. The van der Waals surface area contributed by atoms with Crippen molar-refractivity contribution in [3.63, 3.8) is 0 Å². The summed E-state index contributed by atoms with van der Waals surface area (Å²) in [6.07, 6.45) is -0.0450. The van der Waals surface area contributed by atoms with Crippen molar-refractivity contribution in [1.82, 2.24) is 9.55 Å². The highest BCUT2D eigenvalue weighted by atomic mass is 16.5. The maximum atomic E-state index is 12.8. The minimum absolute atomic E-state index is 0.0450. The normalized spacial score (nSPS) is 14.4. The van der Waals surface area contributed by atoms with Crippen molar-refractivity contribution in [1.29, 1.82) is 0 Å². The quantitative estimate of drug-likeness (QED) is 0.723. The van der Waals surface area contributed by atoms with E-state index in [1.165, 1.54) is 16.6 Å². The van der Waals surface area contributed by atoms with Gasteiger partial charge in [-0.3, -0.25) is 23.7 Å².